The SMILES string of the molecule is CN1CC(C(N)=O)C=C2c3cccc4[nH]cc(c34)CC21. The van der Waals surface area contributed by atoms with Crippen molar-refractivity contribution in [2.75, 3.05) is 13.6 Å². The van der Waals surface area contributed by atoms with E-state index < -0.39 is 0 Å². The van der Waals surface area contributed by atoms with Crippen molar-refractivity contribution in [3.63, 3.8) is 0 Å². The molecule has 1 aliphatic carbocycles. The number of aromatic amines is 1. The Kier molecular flexibility index (Phi) is 2.32. The molecule has 0 saturated heterocycles. The Morgan fingerprint density at radius 2 is 2.30 bits per heavy atom. The molecule has 0 fully saturated rings. The maximum absolute atomic E-state index is 11.6. The van der Waals surface area contributed by atoms with E-state index >= 15 is 0 Å². The Balaban J connectivity index is 1.96. The van der Waals surface area contributed by atoms with Gasteiger partial charge in [0.1, 0.15) is 0 Å². The smallest absolute Gasteiger partial charge is 0.225 e. The Labute approximate surface area is 117 Å². The Bertz CT molecular complexity index is 743. The summed E-state index contributed by atoms with van der Waals surface area (Å²) in [5.74, 6) is -0.433. The lowest BCUT2D eigenvalue weighted by atomic mass is 9.80. The molecule has 4 rings (SSSR count). The van der Waals surface area contributed by atoms with E-state index in [1.807, 2.05) is 0 Å². The summed E-state index contributed by atoms with van der Waals surface area (Å²) in [5, 5.41) is 1.30. The molecule has 4 nitrogen and oxygen atoms in total. The number of fused-ring (bicyclic) bond motifs is 2. The van der Waals surface area contributed by atoms with Crippen LogP contribution in [0.25, 0.3) is 16.5 Å². The average molecular weight is 267 g/mol. The Morgan fingerprint density at radius 3 is 3.10 bits per heavy atom. The molecule has 0 bridgehead atoms. The first-order valence-corrected chi connectivity index (χ1v) is 6.96. The van der Waals surface area contributed by atoms with Gasteiger partial charge in [0.25, 0.3) is 0 Å². The highest BCUT2D eigenvalue weighted by Gasteiger charge is 2.34. The van der Waals surface area contributed by atoms with Crippen LogP contribution in [-0.2, 0) is 11.2 Å². The maximum Gasteiger partial charge on any atom is 0.225 e. The van der Waals surface area contributed by atoms with Crippen LogP contribution < -0.4 is 5.73 Å². The second-order valence-corrected chi connectivity index (χ2v) is 5.83. The summed E-state index contributed by atoms with van der Waals surface area (Å²) >= 11 is 0. The molecule has 0 spiro atoms. The van der Waals surface area contributed by atoms with Gasteiger partial charge in [-0.3, -0.25) is 9.69 Å². The van der Waals surface area contributed by atoms with E-state index in [1.165, 1.54) is 27.6 Å². The summed E-state index contributed by atoms with van der Waals surface area (Å²) in [5.41, 5.74) is 10.5. The molecule has 2 unspecified atom stereocenters. The number of nitrogens with two attached hydrogens (primary N) is 1. The van der Waals surface area contributed by atoms with Crippen LogP contribution in [0.4, 0.5) is 0 Å². The second kappa shape index (κ2) is 3.96. The summed E-state index contributed by atoms with van der Waals surface area (Å²) in [6, 6.07) is 6.66. The molecule has 2 heterocycles. The Hall–Kier alpha value is -2.07. The van der Waals surface area contributed by atoms with Gasteiger partial charge in [0.2, 0.25) is 5.91 Å². The van der Waals surface area contributed by atoms with E-state index in [0.717, 1.165) is 6.42 Å². The van der Waals surface area contributed by atoms with Gasteiger partial charge < -0.3 is 10.7 Å². The van der Waals surface area contributed by atoms with Crippen LogP contribution in [0.15, 0.2) is 30.5 Å². The van der Waals surface area contributed by atoms with Crippen LogP contribution in [0.3, 0.4) is 0 Å². The van der Waals surface area contributed by atoms with Gasteiger partial charge in [0, 0.05) is 29.7 Å². The van der Waals surface area contributed by atoms with Gasteiger partial charge in [0.15, 0.2) is 0 Å². The van der Waals surface area contributed by atoms with Crippen LogP contribution in [0, 0.1) is 5.92 Å². The first-order valence-electron chi connectivity index (χ1n) is 6.96. The minimum atomic E-state index is -0.241. The number of nitrogens with one attached hydrogen (secondary N) is 1. The first-order chi connectivity index (χ1) is 9.65. The van der Waals surface area contributed by atoms with Crippen molar-refractivity contribution in [3.05, 3.63) is 41.6 Å². The van der Waals surface area contributed by atoms with Gasteiger partial charge in [0.05, 0.1) is 5.92 Å². The second-order valence-electron chi connectivity index (χ2n) is 5.83. The molecule has 0 saturated carbocycles. The lowest BCUT2D eigenvalue weighted by Crippen LogP contribution is -2.45. The number of primary amides is 1. The number of rotatable bonds is 1. The van der Waals surface area contributed by atoms with E-state index in [0.29, 0.717) is 12.6 Å². The third-order valence-electron chi connectivity index (χ3n) is 4.63. The van der Waals surface area contributed by atoms with Crippen LogP contribution >= 0.6 is 0 Å². The quantitative estimate of drug-likeness (QED) is 0.823. The highest BCUT2D eigenvalue weighted by Crippen LogP contribution is 2.40. The average Bonchev–Trinajstić information content (AvgIpc) is 2.84. The normalized spacial score (nSPS) is 25.4. The zero-order valence-electron chi connectivity index (χ0n) is 11.4. The molecule has 2 aromatic rings. The minimum absolute atomic E-state index is 0.193. The van der Waals surface area contributed by atoms with Crippen LogP contribution in [0.2, 0.25) is 0 Å². The first kappa shape index (κ1) is 11.7. The number of aromatic nitrogens is 1. The molecule has 2 atom stereocenters. The third kappa shape index (κ3) is 1.48. The molecule has 1 amide bonds. The van der Waals surface area contributed by atoms with Crippen molar-refractivity contribution in [3.8, 4) is 0 Å². The van der Waals surface area contributed by atoms with Crippen molar-refractivity contribution in [2.24, 2.45) is 11.7 Å². The molecule has 0 radical (unpaired) electrons. The molecule has 1 aromatic heterocycles. The van der Waals surface area contributed by atoms with E-state index in [2.05, 4.69) is 47.4 Å². The number of hydrogen-bond acceptors (Lipinski definition) is 2. The van der Waals surface area contributed by atoms with Gasteiger partial charge in [-0.05, 0) is 36.2 Å². The predicted octanol–water partition coefficient (Wildman–Crippen LogP) is 1.52. The largest absolute Gasteiger partial charge is 0.369 e. The Morgan fingerprint density at radius 1 is 1.45 bits per heavy atom. The number of likely N-dealkylation sites (N-methyl/N-ethyl adjacent to an activating group) is 1. The molecule has 3 N–H and O–H groups in total. The third-order valence-corrected chi connectivity index (χ3v) is 4.63. The monoisotopic (exact) mass is 267 g/mol. The van der Waals surface area contributed by atoms with E-state index in [4.69, 9.17) is 5.73 Å². The molecule has 102 valence electrons. The van der Waals surface area contributed by atoms with Crippen LogP contribution in [0.1, 0.15) is 11.1 Å². The molecular weight excluding hydrogens is 250 g/mol. The lowest BCUT2D eigenvalue weighted by molar-refractivity contribution is -0.121. The van der Waals surface area contributed by atoms with Gasteiger partial charge in [-0.2, -0.15) is 0 Å². The molecular formula is C16H17N3O. The summed E-state index contributed by atoms with van der Waals surface area (Å²) in [4.78, 5) is 17.1. The van der Waals surface area contributed by atoms with Crippen molar-refractivity contribution in [1.29, 1.82) is 0 Å². The number of benzene rings is 1. The lowest BCUT2D eigenvalue weighted by Gasteiger charge is -2.39. The van der Waals surface area contributed by atoms with E-state index in [1.54, 1.807) is 0 Å². The summed E-state index contributed by atoms with van der Waals surface area (Å²) in [6.45, 7) is 0.708. The molecule has 4 heteroatoms. The van der Waals surface area contributed by atoms with Crippen molar-refractivity contribution >= 4 is 22.4 Å². The van der Waals surface area contributed by atoms with E-state index in [9.17, 15) is 4.79 Å². The molecule has 2 aliphatic rings. The van der Waals surface area contributed by atoms with Gasteiger partial charge in [-0.15, -0.1) is 0 Å². The van der Waals surface area contributed by atoms with Crippen LogP contribution in [0.5, 0.6) is 0 Å². The van der Waals surface area contributed by atoms with Gasteiger partial charge >= 0.3 is 0 Å². The zero-order chi connectivity index (χ0) is 13.9. The zero-order valence-corrected chi connectivity index (χ0v) is 11.4. The van der Waals surface area contributed by atoms with Crippen molar-refractivity contribution in [2.45, 2.75) is 12.5 Å². The number of carbonyl (C=O) groups excluding carboxylic acids is 1. The van der Waals surface area contributed by atoms with Gasteiger partial charge in [-0.1, -0.05) is 18.2 Å². The number of carbonyl (C=O) groups is 1. The standard InChI is InChI=1S/C16H17N3O/c1-19-8-10(16(17)20)5-12-11-3-2-4-13-15(11)9(7-18-13)6-14(12)19/h2-5,7,10,14,18H,6,8H2,1H3,(H2,17,20). The number of H-pyrrole nitrogens is 1. The summed E-state index contributed by atoms with van der Waals surface area (Å²) in [6.07, 6.45) is 5.18. The molecule has 20 heavy (non-hydrogen) atoms. The fourth-order valence-corrected chi connectivity index (χ4v) is 3.63. The van der Waals surface area contributed by atoms with Gasteiger partial charge in [-0.25, -0.2) is 0 Å². The number of amides is 1. The fraction of sp³-hybridized carbons (Fsp3) is 0.312. The topological polar surface area (TPSA) is 62.1 Å². The number of hydrogen-bond donors (Lipinski definition) is 2. The highest BCUT2D eigenvalue weighted by molar-refractivity contribution is 5.99. The fourth-order valence-electron chi connectivity index (χ4n) is 3.63. The summed E-state index contributed by atoms with van der Waals surface area (Å²) in [7, 11) is 2.07. The summed E-state index contributed by atoms with van der Waals surface area (Å²) < 4.78 is 0. The van der Waals surface area contributed by atoms with Crippen LogP contribution in [-0.4, -0.2) is 35.4 Å². The van der Waals surface area contributed by atoms with Crippen molar-refractivity contribution in [1.82, 2.24) is 9.88 Å². The minimum Gasteiger partial charge on any atom is -0.369 e. The maximum atomic E-state index is 11.6. The van der Waals surface area contributed by atoms with Crippen molar-refractivity contribution < 1.29 is 4.79 Å². The highest BCUT2D eigenvalue weighted by atomic mass is 16.1. The van der Waals surface area contributed by atoms with E-state index in [-0.39, 0.29) is 11.8 Å². The molecule has 1 aromatic carbocycles. The molecule has 1 aliphatic heterocycles. The predicted molar refractivity (Wildman–Crippen MR) is 79.1 cm³/mol. The number of nitrogens with zero attached hydrogens (tertiary/aromatic N) is 1.